The Morgan fingerprint density at radius 3 is 1.77 bits per heavy atom. The van der Waals surface area contributed by atoms with Crippen molar-refractivity contribution in [1.29, 1.82) is 0 Å². The standard InChI is InChI=1S/C19H16FOP/c1-21-19-14-17(12-13-18(19)20)22(15-8-4-2-5-9-15)16-10-6-3-7-11-16/h2-14H,1H3. The monoisotopic (exact) mass is 310 g/mol. The van der Waals surface area contributed by atoms with Crippen molar-refractivity contribution in [2.45, 2.75) is 0 Å². The summed E-state index contributed by atoms with van der Waals surface area (Å²) in [4.78, 5) is 0. The average Bonchev–Trinajstić information content (AvgIpc) is 2.58. The van der Waals surface area contributed by atoms with Crippen molar-refractivity contribution in [3.63, 3.8) is 0 Å². The van der Waals surface area contributed by atoms with E-state index in [1.807, 2.05) is 42.5 Å². The molecule has 0 amide bonds. The zero-order valence-corrected chi connectivity index (χ0v) is 13.1. The van der Waals surface area contributed by atoms with E-state index in [2.05, 4.69) is 24.3 Å². The van der Waals surface area contributed by atoms with E-state index < -0.39 is 7.92 Å². The van der Waals surface area contributed by atoms with Crippen LogP contribution in [0.3, 0.4) is 0 Å². The highest BCUT2D eigenvalue weighted by atomic mass is 31.1. The molecule has 0 aliphatic heterocycles. The third-order valence-electron chi connectivity index (χ3n) is 3.42. The molecule has 0 N–H and O–H groups in total. The molecular weight excluding hydrogens is 294 g/mol. The number of rotatable bonds is 4. The molecule has 22 heavy (non-hydrogen) atoms. The third-order valence-corrected chi connectivity index (χ3v) is 5.85. The first-order valence-corrected chi connectivity index (χ1v) is 8.37. The molecule has 0 fully saturated rings. The van der Waals surface area contributed by atoms with Crippen LogP contribution < -0.4 is 20.7 Å². The Morgan fingerprint density at radius 2 is 1.27 bits per heavy atom. The van der Waals surface area contributed by atoms with E-state index in [4.69, 9.17) is 4.74 Å². The Bertz CT molecular complexity index is 704. The summed E-state index contributed by atoms with van der Waals surface area (Å²) in [5.41, 5.74) is 0. The molecule has 0 aliphatic carbocycles. The van der Waals surface area contributed by atoms with Crippen LogP contribution >= 0.6 is 7.92 Å². The van der Waals surface area contributed by atoms with Crippen molar-refractivity contribution >= 4 is 23.8 Å². The average molecular weight is 310 g/mol. The SMILES string of the molecule is COc1cc(P(c2ccccc2)c2ccccc2)ccc1F. The van der Waals surface area contributed by atoms with Crippen LogP contribution in [0.25, 0.3) is 0 Å². The van der Waals surface area contributed by atoms with Crippen LogP contribution in [-0.4, -0.2) is 7.11 Å². The van der Waals surface area contributed by atoms with Gasteiger partial charge in [0.15, 0.2) is 11.6 Å². The van der Waals surface area contributed by atoms with Crippen LogP contribution in [0, 0.1) is 5.82 Å². The Labute approximate surface area is 131 Å². The third kappa shape index (κ3) is 3.03. The Kier molecular flexibility index (Phi) is 4.50. The molecule has 0 aliphatic rings. The summed E-state index contributed by atoms with van der Waals surface area (Å²) in [6.07, 6.45) is 0. The minimum Gasteiger partial charge on any atom is -0.494 e. The van der Waals surface area contributed by atoms with Gasteiger partial charge in [-0.3, -0.25) is 0 Å². The zero-order chi connectivity index (χ0) is 15.4. The molecule has 0 atom stereocenters. The molecule has 0 unspecified atom stereocenters. The van der Waals surface area contributed by atoms with Gasteiger partial charge in [-0.15, -0.1) is 0 Å². The predicted molar refractivity (Wildman–Crippen MR) is 91.7 cm³/mol. The molecule has 0 heterocycles. The van der Waals surface area contributed by atoms with Crippen molar-refractivity contribution in [3.8, 4) is 5.75 Å². The summed E-state index contributed by atoms with van der Waals surface area (Å²) in [7, 11) is 0.769. The molecular formula is C19H16FOP. The van der Waals surface area contributed by atoms with Gasteiger partial charge in [-0.2, -0.15) is 0 Å². The van der Waals surface area contributed by atoms with Crippen LogP contribution in [0.4, 0.5) is 4.39 Å². The van der Waals surface area contributed by atoms with Gasteiger partial charge in [-0.25, -0.2) is 4.39 Å². The second-order valence-electron chi connectivity index (χ2n) is 4.83. The van der Waals surface area contributed by atoms with E-state index in [-0.39, 0.29) is 11.6 Å². The lowest BCUT2D eigenvalue weighted by Gasteiger charge is -2.20. The lowest BCUT2D eigenvalue weighted by Crippen LogP contribution is -2.20. The highest BCUT2D eigenvalue weighted by Crippen LogP contribution is 2.34. The molecule has 1 nitrogen and oxygen atoms in total. The number of benzene rings is 3. The highest BCUT2D eigenvalue weighted by molar-refractivity contribution is 7.79. The normalized spacial score (nSPS) is 10.7. The maximum Gasteiger partial charge on any atom is 0.165 e. The predicted octanol–water partition coefficient (Wildman–Crippen LogP) is 3.59. The van der Waals surface area contributed by atoms with Crippen molar-refractivity contribution in [3.05, 3.63) is 84.7 Å². The van der Waals surface area contributed by atoms with Crippen molar-refractivity contribution in [2.75, 3.05) is 7.11 Å². The number of hydrogen-bond acceptors (Lipinski definition) is 1. The molecule has 3 heteroatoms. The minimum absolute atomic E-state index is 0.289. The molecule has 0 saturated carbocycles. The summed E-state index contributed by atoms with van der Waals surface area (Å²) in [6, 6.07) is 25.8. The first kappa shape index (κ1) is 14.7. The van der Waals surface area contributed by atoms with E-state index >= 15 is 0 Å². The van der Waals surface area contributed by atoms with Crippen LogP contribution in [0.15, 0.2) is 78.9 Å². The molecule has 0 saturated heterocycles. The quantitative estimate of drug-likeness (QED) is 0.669. The van der Waals surface area contributed by atoms with E-state index in [0.29, 0.717) is 0 Å². The second kappa shape index (κ2) is 6.72. The molecule has 3 rings (SSSR count). The molecule has 0 radical (unpaired) electrons. The van der Waals surface area contributed by atoms with E-state index in [1.54, 1.807) is 6.07 Å². The van der Waals surface area contributed by atoms with Gasteiger partial charge in [0, 0.05) is 0 Å². The molecule has 110 valence electrons. The summed E-state index contributed by atoms with van der Waals surface area (Å²) >= 11 is 0. The summed E-state index contributed by atoms with van der Waals surface area (Å²) in [5.74, 6) is -0.0424. The Hall–Kier alpha value is -2.18. The van der Waals surface area contributed by atoms with Gasteiger partial charge in [-0.05, 0) is 36.0 Å². The minimum atomic E-state index is -0.727. The zero-order valence-electron chi connectivity index (χ0n) is 12.2. The van der Waals surface area contributed by atoms with E-state index in [9.17, 15) is 4.39 Å². The number of methoxy groups -OCH3 is 1. The van der Waals surface area contributed by atoms with Gasteiger partial charge >= 0.3 is 0 Å². The van der Waals surface area contributed by atoms with Gasteiger partial charge in [0.1, 0.15) is 0 Å². The molecule has 3 aromatic rings. The largest absolute Gasteiger partial charge is 0.494 e. The number of ether oxygens (including phenoxy) is 1. The van der Waals surface area contributed by atoms with Gasteiger partial charge < -0.3 is 4.74 Å². The number of hydrogen-bond donors (Lipinski definition) is 0. The van der Waals surface area contributed by atoms with Gasteiger partial charge in [0.25, 0.3) is 0 Å². The fourth-order valence-electron chi connectivity index (χ4n) is 2.39. The fraction of sp³-hybridized carbons (Fsp3) is 0.0526. The van der Waals surface area contributed by atoms with Crippen LogP contribution in [-0.2, 0) is 0 Å². The number of halogens is 1. The van der Waals surface area contributed by atoms with Crippen molar-refractivity contribution in [1.82, 2.24) is 0 Å². The first-order valence-electron chi connectivity index (χ1n) is 7.03. The molecule has 0 aromatic heterocycles. The second-order valence-corrected chi connectivity index (χ2v) is 7.05. The maximum atomic E-state index is 13.7. The summed E-state index contributed by atoms with van der Waals surface area (Å²) in [5, 5.41) is 3.54. The summed E-state index contributed by atoms with van der Waals surface area (Å²) < 4.78 is 18.9. The highest BCUT2D eigenvalue weighted by Gasteiger charge is 2.17. The van der Waals surface area contributed by atoms with Crippen molar-refractivity contribution in [2.24, 2.45) is 0 Å². The molecule has 3 aromatic carbocycles. The van der Waals surface area contributed by atoms with Crippen LogP contribution in [0.2, 0.25) is 0 Å². The summed E-state index contributed by atoms with van der Waals surface area (Å²) in [6.45, 7) is 0. The van der Waals surface area contributed by atoms with Crippen LogP contribution in [0.5, 0.6) is 5.75 Å². The smallest absolute Gasteiger partial charge is 0.165 e. The molecule has 0 bridgehead atoms. The lowest BCUT2D eigenvalue weighted by atomic mass is 10.3. The van der Waals surface area contributed by atoms with Crippen LogP contribution in [0.1, 0.15) is 0 Å². The van der Waals surface area contributed by atoms with E-state index in [1.165, 1.54) is 23.8 Å². The Balaban J connectivity index is 2.14. The maximum absolute atomic E-state index is 13.7. The lowest BCUT2D eigenvalue weighted by molar-refractivity contribution is 0.387. The Morgan fingerprint density at radius 1 is 0.727 bits per heavy atom. The van der Waals surface area contributed by atoms with Crippen molar-refractivity contribution < 1.29 is 9.13 Å². The van der Waals surface area contributed by atoms with Gasteiger partial charge in [0.2, 0.25) is 0 Å². The fourth-order valence-corrected chi connectivity index (χ4v) is 4.69. The van der Waals surface area contributed by atoms with E-state index in [0.717, 1.165) is 5.30 Å². The van der Waals surface area contributed by atoms with Gasteiger partial charge in [0.05, 0.1) is 7.11 Å². The molecule has 0 spiro atoms. The topological polar surface area (TPSA) is 9.23 Å². The van der Waals surface area contributed by atoms with Gasteiger partial charge in [-0.1, -0.05) is 66.7 Å². The first-order chi connectivity index (χ1) is 10.8.